The summed E-state index contributed by atoms with van der Waals surface area (Å²) >= 11 is 12.4. The van der Waals surface area contributed by atoms with Gasteiger partial charge in [-0.05, 0) is 61.3 Å². The minimum Gasteiger partial charge on any atom is -0.365 e. The molecule has 0 saturated carbocycles. The number of rotatable bonds is 3. The molecule has 0 radical (unpaired) electrons. The van der Waals surface area contributed by atoms with Crippen LogP contribution in [0.15, 0.2) is 24.3 Å². The average molecular weight is 380 g/mol. The molecule has 124 valence electrons. The van der Waals surface area contributed by atoms with E-state index in [9.17, 15) is 9.59 Å². The van der Waals surface area contributed by atoms with E-state index in [0.717, 1.165) is 29.7 Å². The van der Waals surface area contributed by atoms with Crippen LogP contribution in [0.4, 0.5) is 5.00 Å². The van der Waals surface area contributed by atoms with Crippen LogP contribution in [-0.4, -0.2) is 16.9 Å². The monoisotopic (exact) mass is 379 g/mol. The highest BCUT2D eigenvalue weighted by Gasteiger charge is 2.25. The molecule has 3 rings (SSSR count). The van der Waals surface area contributed by atoms with Crippen molar-refractivity contribution in [2.75, 3.05) is 5.32 Å². The molecule has 0 aliphatic heterocycles. The van der Waals surface area contributed by atoms with Crippen LogP contribution in [0, 0.1) is 0 Å². The Morgan fingerprint density at radius 1 is 1.21 bits per heavy atom. The smallest absolute Gasteiger partial charge is 0.257 e. The van der Waals surface area contributed by atoms with E-state index in [1.54, 1.807) is 24.3 Å². The number of nitrogens with one attached hydrogen (secondary N) is 2. The summed E-state index contributed by atoms with van der Waals surface area (Å²) in [5, 5.41) is 6.77. The minimum absolute atomic E-state index is 0.123. The van der Waals surface area contributed by atoms with E-state index in [4.69, 9.17) is 29.6 Å². The van der Waals surface area contributed by atoms with E-state index in [1.165, 1.54) is 11.3 Å². The number of hydrogen-bond acceptors (Lipinski definition) is 4. The summed E-state index contributed by atoms with van der Waals surface area (Å²) in [4.78, 5) is 25.0. The zero-order valence-corrected chi connectivity index (χ0v) is 14.9. The van der Waals surface area contributed by atoms with E-state index < -0.39 is 5.91 Å². The van der Waals surface area contributed by atoms with Crippen molar-refractivity contribution in [1.29, 1.82) is 0 Å². The third-order valence-corrected chi connectivity index (χ3v) is 5.39. The van der Waals surface area contributed by atoms with Crippen LogP contribution in [0.1, 0.15) is 37.6 Å². The molecule has 0 spiro atoms. The maximum Gasteiger partial charge on any atom is 0.257 e. The molecule has 8 heteroatoms. The number of halogens is 1. The van der Waals surface area contributed by atoms with Gasteiger partial charge in [0.05, 0.1) is 5.56 Å². The molecule has 4 N–H and O–H groups in total. The van der Waals surface area contributed by atoms with Crippen molar-refractivity contribution in [3.8, 4) is 0 Å². The lowest BCUT2D eigenvalue weighted by Gasteiger charge is -2.10. The normalized spacial score (nSPS) is 12.5. The molecule has 0 bridgehead atoms. The predicted octanol–water partition coefficient (Wildman–Crippen LogP) is 3.12. The van der Waals surface area contributed by atoms with Crippen LogP contribution in [-0.2, 0) is 12.8 Å². The second kappa shape index (κ2) is 6.88. The highest BCUT2D eigenvalue weighted by atomic mass is 35.5. The van der Waals surface area contributed by atoms with Crippen LogP contribution >= 0.6 is 35.2 Å². The lowest BCUT2D eigenvalue weighted by molar-refractivity contribution is 0.0975. The minimum atomic E-state index is -0.483. The zero-order chi connectivity index (χ0) is 17.3. The van der Waals surface area contributed by atoms with Gasteiger partial charge in [0, 0.05) is 15.5 Å². The molecule has 0 unspecified atom stereocenters. The van der Waals surface area contributed by atoms with Crippen LogP contribution in [0.3, 0.4) is 0 Å². The summed E-state index contributed by atoms with van der Waals surface area (Å²) in [7, 11) is 0. The van der Waals surface area contributed by atoms with Crippen molar-refractivity contribution in [3.63, 3.8) is 0 Å². The van der Waals surface area contributed by atoms with Crippen LogP contribution in [0.2, 0.25) is 5.02 Å². The zero-order valence-electron chi connectivity index (χ0n) is 12.5. The molecule has 24 heavy (non-hydrogen) atoms. The van der Waals surface area contributed by atoms with Gasteiger partial charge in [0.1, 0.15) is 5.00 Å². The number of benzene rings is 1. The third kappa shape index (κ3) is 3.43. The lowest BCUT2D eigenvalue weighted by atomic mass is 10.1. The maximum absolute atomic E-state index is 12.1. The van der Waals surface area contributed by atoms with Gasteiger partial charge in [-0.1, -0.05) is 11.6 Å². The van der Waals surface area contributed by atoms with Gasteiger partial charge in [-0.15, -0.1) is 11.3 Å². The van der Waals surface area contributed by atoms with E-state index in [0.29, 0.717) is 21.2 Å². The van der Waals surface area contributed by atoms with Crippen LogP contribution in [0.5, 0.6) is 0 Å². The van der Waals surface area contributed by atoms with Gasteiger partial charge in [-0.25, -0.2) is 0 Å². The topological polar surface area (TPSA) is 84.2 Å². The van der Waals surface area contributed by atoms with Crippen molar-refractivity contribution in [3.05, 3.63) is 50.9 Å². The number of aryl methyl sites for hydroxylation is 1. The van der Waals surface area contributed by atoms with Gasteiger partial charge in [-0.3, -0.25) is 14.9 Å². The van der Waals surface area contributed by atoms with E-state index in [1.807, 2.05) is 0 Å². The summed E-state index contributed by atoms with van der Waals surface area (Å²) in [6, 6.07) is 6.47. The Hall–Kier alpha value is -1.96. The number of anilines is 1. The fraction of sp³-hybridized carbons (Fsp3) is 0.188. The van der Waals surface area contributed by atoms with Crippen LogP contribution in [0.25, 0.3) is 0 Å². The van der Waals surface area contributed by atoms with Gasteiger partial charge in [-0.2, -0.15) is 0 Å². The number of primary amides is 1. The molecule has 0 saturated heterocycles. The molecule has 1 aliphatic carbocycles. The summed E-state index contributed by atoms with van der Waals surface area (Å²) in [6.45, 7) is 0. The van der Waals surface area contributed by atoms with Gasteiger partial charge in [0.25, 0.3) is 11.8 Å². The summed E-state index contributed by atoms with van der Waals surface area (Å²) < 4.78 is 0. The number of thiophene rings is 1. The number of nitrogens with two attached hydrogens (primary N) is 1. The van der Waals surface area contributed by atoms with Crippen molar-refractivity contribution in [2.24, 2.45) is 5.73 Å². The van der Waals surface area contributed by atoms with Gasteiger partial charge >= 0.3 is 0 Å². The van der Waals surface area contributed by atoms with Crippen molar-refractivity contribution < 1.29 is 9.59 Å². The standard InChI is InChI=1S/C16H14ClN3O2S2/c17-9-6-4-8(5-7-9)14(22)19-16(23)20-15-12(13(18)21)10-2-1-3-11(10)24-15/h4-7H,1-3H2,(H2,18,21)(H2,19,20,22,23). The Balaban J connectivity index is 1.72. The van der Waals surface area contributed by atoms with Gasteiger partial charge in [0.2, 0.25) is 0 Å². The highest BCUT2D eigenvalue weighted by Crippen LogP contribution is 2.38. The molecule has 2 amide bonds. The molecule has 1 heterocycles. The molecule has 2 aromatic rings. The van der Waals surface area contributed by atoms with E-state index in [2.05, 4.69) is 10.6 Å². The third-order valence-electron chi connectivity index (χ3n) is 3.73. The molecular weight excluding hydrogens is 366 g/mol. The van der Waals surface area contributed by atoms with Crippen molar-refractivity contribution >= 4 is 57.1 Å². The molecule has 0 fully saturated rings. The van der Waals surface area contributed by atoms with E-state index >= 15 is 0 Å². The molecule has 1 aromatic carbocycles. The number of fused-ring (bicyclic) bond motifs is 1. The quantitative estimate of drug-likeness (QED) is 0.715. The maximum atomic E-state index is 12.1. The molecular formula is C16H14ClN3O2S2. The largest absolute Gasteiger partial charge is 0.365 e. The Morgan fingerprint density at radius 3 is 2.58 bits per heavy atom. The first-order valence-corrected chi connectivity index (χ1v) is 8.88. The molecule has 5 nitrogen and oxygen atoms in total. The number of carbonyl (C=O) groups excluding carboxylic acids is 2. The average Bonchev–Trinajstić information content (AvgIpc) is 3.07. The first kappa shape index (κ1) is 16.9. The van der Waals surface area contributed by atoms with Crippen molar-refractivity contribution in [2.45, 2.75) is 19.3 Å². The summed E-state index contributed by atoms with van der Waals surface area (Å²) in [6.07, 6.45) is 2.81. The molecule has 0 atom stereocenters. The van der Waals surface area contributed by atoms with Gasteiger partial charge < -0.3 is 11.1 Å². The molecule has 1 aliphatic rings. The Kier molecular flexibility index (Phi) is 4.84. The van der Waals surface area contributed by atoms with E-state index in [-0.39, 0.29) is 11.0 Å². The fourth-order valence-corrected chi connectivity index (χ4v) is 4.35. The number of thiocarbonyl (C=S) groups is 1. The van der Waals surface area contributed by atoms with Crippen LogP contribution < -0.4 is 16.4 Å². The fourth-order valence-electron chi connectivity index (χ4n) is 2.66. The second-order valence-corrected chi connectivity index (χ2v) is 7.29. The Bertz CT molecular complexity index is 831. The second-order valence-electron chi connectivity index (χ2n) is 5.34. The molecule has 1 aromatic heterocycles. The lowest BCUT2D eigenvalue weighted by Crippen LogP contribution is -2.34. The SMILES string of the molecule is NC(=O)c1c(NC(=S)NC(=O)c2ccc(Cl)cc2)sc2c1CCC2. The highest BCUT2D eigenvalue weighted by molar-refractivity contribution is 7.80. The van der Waals surface area contributed by atoms with Crippen molar-refractivity contribution in [1.82, 2.24) is 5.32 Å². The first-order chi connectivity index (χ1) is 11.5. The summed E-state index contributed by atoms with van der Waals surface area (Å²) in [5.74, 6) is -0.836. The number of amides is 2. The predicted molar refractivity (Wildman–Crippen MR) is 100 cm³/mol. The Labute approximate surface area is 153 Å². The Morgan fingerprint density at radius 2 is 1.92 bits per heavy atom. The summed E-state index contributed by atoms with van der Waals surface area (Å²) in [5.41, 5.74) is 7.42. The number of carbonyl (C=O) groups is 2. The first-order valence-electron chi connectivity index (χ1n) is 7.28. The number of hydrogen-bond donors (Lipinski definition) is 3. The van der Waals surface area contributed by atoms with Gasteiger partial charge in [0.15, 0.2) is 5.11 Å².